The van der Waals surface area contributed by atoms with E-state index < -0.39 is 8.32 Å². The molecule has 0 aromatic carbocycles. The molecule has 0 saturated carbocycles. The van der Waals surface area contributed by atoms with Gasteiger partial charge in [0.05, 0.1) is 31.3 Å². The Hall–Kier alpha value is -1.11. The third-order valence-electron chi connectivity index (χ3n) is 4.92. The Labute approximate surface area is 140 Å². The highest BCUT2D eigenvalue weighted by Gasteiger charge is 2.44. The summed E-state index contributed by atoms with van der Waals surface area (Å²) in [4.78, 5) is 12.0. The van der Waals surface area contributed by atoms with Crippen LogP contribution in [0.2, 0.25) is 18.1 Å². The quantitative estimate of drug-likeness (QED) is 0.630. The maximum atomic E-state index is 12.0. The number of carbonyl (C=O) groups excluding carboxylic acids is 1. The summed E-state index contributed by atoms with van der Waals surface area (Å²) in [5.74, 6) is -0.212. The Balaban J connectivity index is 2.15. The zero-order chi connectivity index (χ0) is 17.3. The molecule has 2 aliphatic rings. The third kappa shape index (κ3) is 4.05. The normalized spacial score (nSPS) is 27.7. The third-order valence-corrected chi connectivity index (χ3v) is 9.40. The van der Waals surface area contributed by atoms with Crippen molar-refractivity contribution in [1.29, 1.82) is 0 Å². The van der Waals surface area contributed by atoms with E-state index in [9.17, 15) is 4.79 Å². The van der Waals surface area contributed by atoms with Crippen molar-refractivity contribution in [2.24, 2.45) is 0 Å². The van der Waals surface area contributed by atoms with Gasteiger partial charge in [-0.1, -0.05) is 20.8 Å². The SMILES string of the molecule is CCOC(=O)[C@H]1CC2=COC=C[C@H](O[Si](C)(C)C(C)(C)C)C2N1. The molecule has 1 unspecified atom stereocenters. The second-order valence-electron chi connectivity index (χ2n) is 7.65. The van der Waals surface area contributed by atoms with E-state index in [-0.39, 0.29) is 29.2 Å². The van der Waals surface area contributed by atoms with Crippen molar-refractivity contribution >= 4 is 14.3 Å². The fourth-order valence-corrected chi connectivity index (χ4v) is 3.80. The van der Waals surface area contributed by atoms with Crippen LogP contribution in [0.15, 0.2) is 24.2 Å². The average Bonchev–Trinajstić information content (AvgIpc) is 2.77. The molecule has 0 amide bonds. The van der Waals surface area contributed by atoms with Gasteiger partial charge in [0.2, 0.25) is 0 Å². The summed E-state index contributed by atoms with van der Waals surface area (Å²) in [7, 11) is -1.93. The Kier molecular flexibility index (Phi) is 5.38. The van der Waals surface area contributed by atoms with E-state index in [0.29, 0.717) is 13.0 Å². The number of ether oxygens (including phenoxy) is 2. The molecule has 1 N–H and O–H groups in total. The second kappa shape index (κ2) is 6.79. The minimum atomic E-state index is -1.93. The number of hydrogen-bond donors (Lipinski definition) is 1. The smallest absolute Gasteiger partial charge is 0.323 e. The van der Waals surface area contributed by atoms with Crippen LogP contribution in [0.4, 0.5) is 0 Å². The molecule has 5 nitrogen and oxygen atoms in total. The zero-order valence-electron chi connectivity index (χ0n) is 15.0. The highest BCUT2D eigenvalue weighted by Crippen LogP contribution is 2.39. The van der Waals surface area contributed by atoms with Gasteiger partial charge in [-0.3, -0.25) is 10.1 Å². The molecule has 0 aromatic heterocycles. The van der Waals surface area contributed by atoms with E-state index in [4.69, 9.17) is 13.9 Å². The van der Waals surface area contributed by atoms with Gasteiger partial charge in [-0.05, 0) is 43.1 Å². The van der Waals surface area contributed by atoms with Gasteiger partial charge in [0, 0.05) is 0 Å². The van der Waals surface area contributed by atoms with Gasteiger partial charge in [-0.15, -0.1) is 0 Å². The minimum Gasteiger partial charge on any atom is -0.473 e. The molecule has 0 spiro atoms. The summed E-state index contributed by atoms with van der Waals surface area (Å²) in [5, 5.41) is 3.49. The highest BCUT2D eigenvalue weighted by atomic mass is 28.4. The zero-order valence-corrected chi connectivity index (χ0v) is 16.0. The van der Waals surface area contributed by atoms with Crippen molar-refractivity contribution in [2.75, 3.05) is 6.61 Å². The lowest BCUT2D eigenvalue weighted by molar-refractivity contribution is -0.145. The largest absolute Gasteiger partial charge is 0.473 e. The Bertz CT molecular complexity index is 507. The first-order valence-corrected chi connectivity index (χ1v) is 11.2. The van der Waals surface area contributed by atoms with Gasteiger partial charge >= 0.3 is 5.97 Å². The summed E-state index contributed by atoms with van der Waals surface area (Å²) >= 11 is 0. The van der Waals surface area contributed by atoms with Crippen LogP contribution in [-0.4, -0.2) is 39.1 Å². The molecule has 23 heavy (non-hydrogen) atoms. The van der Waals surface area contributed by atoms with E-state index in [0.717, 1.165) is 5.57 Å². The van der Waals surface area contributed by atoms with Crippen LogP contribution in [0.3, 0.4) is 0 Å². The number of fused-ring (bicyclic) bond motifs is 1. The van der Waals surface area contributed by atoms with Crippen LogP contribution in [0.1, 0.15) is 34.1 Å². The summed E-state index contributed by atoms with van der Waals surface area (Å²) in [5.41, 5.74) is 1.05. The maximum absolute atomic E-state index is 12.0. The number of rotatable bonds is 4. The molecule has 0 radical (unpaired) electrons. The standard InChI is InChI=1S/C17H29NO4Si/c1-7-21-16(19)13-10-12-11-20-9-8-14(15(12)18-13)22-23(5,6)17(2,3)4/h8-9,11,13-15,18H,7,10H2,1-6H3/t13-,14+,15?/m1/s1. The van der Waals surface area contributed by atoms with Gasteiger partial charge in [-0.25, -0.2) is 0 Å². The molecular weight excluding hydrogens is 310 g/mol. The highest BCUT2D eigenvalue weighted by molar-refractivity contribution is 6.74. The lowest BCUT2D eigenvalue weighted by Gasteiger charge is -2.40. The topological polar surface area (TPSA) is 56.8 Å². The molecule has 6 heteroatoms. The van der Waals surface area contributed by atoms with E-state index >= 15 is 0 Å². The Morgan fingerprint density at radius 3 is 2.74 bits per heavy atom. The van der Waals surface area contributed by atoms with Gasteiger partial charge in [0.1, 0.15) is 6.04 Å². The van der Waals surface area contributed by atoms with E-state index in [1.807, 2.05) is 13.0 Å². The second-order valence-corrected chi connectivity index (χ2v) is 12.4. The first kappa shape index (κ1) is 18.2. The van der Waals surface area contributed by atoms with Crippen molar-refractivity contribution in [3.8, 4) is 0 Å². The van der Waals surface area contributed by atoms with Crippen LogP contribution in [-0.2, 0) is 18.7 Å². The molecular formula is C17H29NO4Si. The molecule has 0 aliphatic carbocycles. The molecule has 130 valence electrons. The number of esters is 1. The maximum Gasteiger partial charge on any atom is 0.323 e. The van der Waals surface area contributed by atoms with Crippen LogP contribution in [0.5, 0.6) is 0 Å². The molecule has 1 saturated heterocycles. The summed E-state index contributed by atoms with van der Waals surface area (Å²) < 4.78 is 17.1. The van der Waals surface area contributed by atoms with Crippen molar-refractivity contribution in [1.82, 2.24) is 5.32 Å². The summed E-state index contributed by atoms with van der Waals surface area (Å²) in [6, 6.07) is -0.371. The van der Waals surface area contributed by atoms with Crippen molar-refractivity contribution in [3.05, 3.63) is 24.2 Å². The summed E-state index contributed by atoms with van der Waals surface area (Å²) in [6.07, 6.45) is 5.80. The summed E-state index contributed by atoms with van der Waals surface area (Å²) in [6.45, 7) is 13.3. The van der Waals surface area contributed by atoms with Gasteiger partial charge in [0.25, 0.3) is 0 Å². The predicted molar refractivity (Wildman–Crippen MR) is 92.3 cm³/mol. The first-order chi connectivity index (χ1) is 10.7. The lowest BCUT2D eigenvalue weighted by Crippen LogP contribution is -2.50. The van der Waals surface area contributed by atoms with Gasteiger partial charge in [0.15, 0.2) is 8.32 Å². The predicted octanol–water partition coefficient (Wildman–Crippen LogP) is 3.10. The molecule has 2 aliphatic heterocycles. The van der Waals surface area contributed by atoms with Crippen LogP contribution < -0.4 is 5.32 Å². The van der Waals surface area contributed by atoms with Gasteiger partial charge in [-0.2, -0.15) is 0 Å². The minimum absolute atomic E-state index is 0.0442. The van der Waals surface area contributed by atoms with Crippen LogP contribution in [0, 0.1) is 0 Å². The number of nitrogens with one attached hydrogen (secondary N) is 1. The van der Waals surface area contributed by atoms with Crippen molar-refractivity contribution in [2.45, 2.75) is 70.4 Å². The van der Waals surface area contributed by atoms with E-state index in [2.05, 4.69) is 39.2 Å². The number of hydrogen-bond acceptors (Lipinski definition) is 5. The lowest BCUT2D eigenvalue weighted by atomic mass is 10.0. The van der Waals surface area contributed by atoms with Gasteiger partial charge < -0.3 is 13.9 Å². The molecule has 3 atom stereocenters. The molecule has 2 heterocycles. The van der Waals surface area contributed by atoms with Crippen LogP contribution >= 0.6 is 0 Å². The monoisotopic (exact) mass is 339 g/mol. The fraction of sp³-hybridized carbons (Fsp3) is 0.706. The van der Waals surface area contributed by atoms with Crippen LogP contribution in [0.25, 0.3) is 0 Å². The molecule has 2 rings (SSSR count). The fourth-order valence-electron chi connectivity index (χ4n) is 2.55. The Morgan fingerprint density at radius 1 is 1.43 bits per heavy atom. The molecule has 0 aromatic rings. The Morgan fingerprint density at radius 2 is 2.13 bits per heavy atom. The average molecular weight is 340 g/mol. The molecule has 1 fully saturated rings. The van der Waals surface area contributed by atoms with E-state index in [1.54, 1.807) is 12.5 Å². The number of carbonyl (C=O) groups is 1. The van der Waals surface area contributed by atoms with E-state index in [1.165, 1.54) is 0 Å². The van der Waals surface area contributed by atoms with Crippen molar-refractivity contribution < 1.29 is 18.7 Å². The first-order valence-electron chi connectivity index (χ1n) is 8.27. The van der Waals surface area contributed by atoms with Crippen molar-refractivity contribution in [3.63, 3.8) is 0 Å². The molecule has 0 bridgehead atoms.